The van der Waals surface area contributed by atoms with Crippen LogP contribution < -0.4 is 20.1 Å². The fourth-order valence-electron chi connectivity index (χ4n) is 2.14. The van der Waals surface area contributed by atoms with Crippen LogP contribution in [0, 0.1) is 6.92 Å². The molecule has 2 N–H and O–H groups in total. The number of nitrogens with zero attached hydrogens (tertiary/aromatic N) is 2. The third-order valence-corrected chi connectivity index (χ3v) is 4.22. The van der Waals surface area contributed by atoms with Crippen LogP contribution in [-0.2, 0) is 6.42 Å². The maximum Gasteiger partial charge on any atom is 0.195 e. The van der Waals surface area contributed by atoms with E-state index in [9.17, 15) is 0 Å². The first-order valence-electron chi connectivity index (χ1n) is 7.86. The Balaban J connectivity index is 0.00000312. The molecule has 0 aliphatic rings. The van der Waals surface area contributed by atoms with Crippen LogP contribution in [0.1, 0.15) is 16.8 Å². The highest BCUT2D eigenvalue weighted by molar-refractivity contribution is 14.0. The smallest absolute Gasteiger partial charge is 0.195 e. The van der Waals surface area contributed by atoms with Gasteiger partial charge >= 0.3 is 0 Å². The molecule has 1 aromatic heterocycles. The summed E-state index contributed by atoms with van der Waals surface area (Å²) in [6, 6.07) is 5.71. The summed E-state index contributed by atoms with van der Waals surface area (Å²) in [5.74, 6) is 2.12. The van der Waals surface area contributed by atoms with Gasteiger partial charge in [0.05, 0.1) is 18.7 Å². The standard InChI is InChI=1S/C17H24N4O2S.HI/c1-5-23-14-7-6-13(10-15(14)22-4)21-17(18-3)19-9-8-16-20-11-12(2)24-16;/h6-7,10-11H,5,8-9H2,1-4H3,(H2,18,19,21);1H. The number of hydrogen-bond donors (Lipinski definition) is 2. The molecular weight excluding hydrogens is 451 g/mol. The second-order valence-corrected chi connectivity index (χ2v) is 6.36. The van der Waals surface area contributed by atoms with E-state index >= 15 is 0 Å². The molecule has 25 heavy (non-hydrogen) atoms. The molecule has 0 aliphatic heterocycles. The molecule has 0 atom stereocenters. The summed E-state index contributed by atoms with van der Waals surface area (Å²) in [6.45, 7) is 5.37. The highest BCUT2D eigenvalue weighted by atomic mass is 127. The summed E-state index contributed by atoms with van der Waals surface area (Å²) in [7, 11) is 3.37. The zero-order valence-electron chi connectivity index (χ0n) is 15.0. The molecule has 0 saturated carbocycles. The van der Waals surface area contributed by atoms with Crippen molar-refractivity contribution in [3.05, 3.63) is 34.3 Å². The minimum Gasteiger partial charge on any atom is -0.493 e. The number of benzene rings is 1. The zero-order valence-corrected chi connectivity index (χ0v) is 18.1. The van der Waals surface area contributed by atoms with Gasteiger partial charge in [0, 0.05) is 42.8 Å². The van der Waals surface area contributed by atoms with Gasteiger partial charge in [-0.3, -0.25) is 4.99 Å². The van der Waals surface area contributed by atoms with E-state index in [0.717, 1.165) is 29.4 Å². The average Bonchev–Trinajstić information content (AvgIpc) is 3.00. The van der Waals surface area contributed by atoms with Crippen molar-refractivity contribution in [2.45, 2.75) is 20.3 Å². The van der Waals surface area contributed by atoms with Gasteiger partial charge in [0.15, 0.2) is 17.5 Å². The highest BCUT2D eigenvalue weighted by Crippen LogP contribution is 2.30. The number of ether oxygens (including phenoxy) is 2. The van der Waals surface area contributed by atoms with E-state index in [1.54, 1.807) is 25.5 Å². The van der Waals surface area contributed by atoms with Gasteiger partial charge in [-0.05, 0) is 26.0 Å². The number of halogens is 1. The molecule has 0 spiro atoms. The first-order valence-corrected chi connectivity index (χ1v) is 8.67. The van der Waals surface area contributed by atoms with E-state index in [4.69, 9.17) is 9.47 Å². The number of aromatic nitrogens is 1. The Morgan fingerprint density at radius 2 is 2.12 bits per heavy atom. The molecule has 8 heteroatoms. The molecule has 6 nitrogen and oxygen atoms in total. The number of methoxy groups -OCH3 is 1. The number of anilines is 1. The van der Waals surface area contributed by atoms with Crippen LogP contribution >= 0.6 is 35.3 Å². The first-order chi connectivity index (χ1) is 11.7. The third kappa shape index (κ3) is 6.69. The van der Waals surface area contributed by atoms with E-state index in [2.05, 4.69) is 27.5 Å². The van der Waals surface area contributed by atoms with Gasteiger partial charge in [-0.25, -0.2) is 4.98 Å². The van der Waals surface area contributed by atoms with Crippen molar-refractivity contribution >= 4 is 47.0 Å². The highest BCUT2D eigenvalue weighted by Gasteiger charge is 2.07. The molecule has 0 bridgehead atoms. The van der Waals surface area contributed by atoms with Gasteiger partial charge in [-0.2, -0.15) is 0 Å². The largest absolute Gasteiger partial charge is 0.493 e. The number of rotatable bonds is 7. The molecule has 138 valence electrons. The topological polar surface area (TPSA) is 67.8 Å². The number of aryl methyl sites for hydroxylation is 1. The first kappa shape index (κ1) is 21.5. The molecule has 1 heterocycles. The summed E-state index contributed by atoms with van der Waals surface area (Å²) in [6.07, 6.45) is 2.77. The Morgan fingerprint density at radius 1 is 1.32 bits per heavy atom. The third-order valence-electron chi connectivity index (χ3n) is 3.25. The quantitative estimate of drug-likeness (QED) is 0.363. The number of hydrogen-bond acceptors (Lipinski definition) is 5. The molecule has 0 fully saturated rings. The van der Waals surface area contributed by atoms with Crippen molar-refractivity contribution in [3.8, 4) is 11.5 Å². The Bertz CT molecular complexity index is 691. The Labute approximate surface area is 170 Å². The van der Waals surface area contributed by atoms with Gasteiger partial charge < -0.3 is 20.1 Å². The maximum absolute atomic E-state index is 5.53. The van der Waals surface area contributed by atoms with Crippen molar-refractivity contribution in [2.75, 3.05) is 32.6 Å². The fraction of sp³-hybridized carbons (Fsp3) is 0.412. The number of nitrogens with one attached hydrogen (secondary N) is 2. The lowest BCUT2D eigenvalue weighted by Gasteiger charge is -2.14. The van der Waals surface area contributed by atoms with Crippen molar-refractivity contribution < 1.29 is 9.47 Å². The number of aliphatic imine (C=N–C) groups is 1. The van der Waals surface area contributed by atoms with Crippen LogP contribution in [-0.4, -0.2) is 38.3 Å². The second kappa shape index (κ2) is 11.1. The molecule has 1 aromatic carbocycles. The van der Waals surface area contributed by atoms with Crippen LogP contribution in [0.2, 0.25) is 0 Å². The predicted molar refractivity (Wildman–Crippen MR) is 115 cm³/mol. The normalized spacial score (nSPS) is 10.8. The predicted octanol–water partition coefficient (Wildman–Crippen LogP) is 3.71. The zero-order chi connectivity index (χ0) is 17.4. The SMILES string of the molecule is CCOc1ccc(NC(=NC)NCCc2ncc(C)s2)cc1OC.I. The Morgan fingerprint density at radius 3 is 2.72 bits per heavy atom. The molecule has 0 unspecified atom stereocenters. The molecule has 0 saturated heterocycles. The Kier molecular flexibility index (Phi) is 9.58. The molecule has 0 radical (unpaired) electrons. The summed E-state index contributed by atoms with van der Waals surface area (Å²) in [5.41, 5.74) is 0.883. The van der Waals surface area contributed by atoms with Crippen molar-refractivity contribution in [3.63, 3.8) is 0 Å². The van der Waals surface area contributed by atoms with Crippen molar-refractivity contribution in [2.24, 2.45) is 4.99 Å². The van der Waals surface area contributed by atoms with Crippen molar-refractivity contribution in [1.82, 2.24) is 10.3 Å². The lowest BCUT2D eigenvalue weighted by molar-refractivity contribution is 0.311. The van der Waals surface area contributed by atoms with Gasteiger partial charge in [0.25, 0.3) is 0 Å². The lowest BCUT2D eigenvalue weighted by Crippen LogP contribution is -2.32. The summed E-state index contributed by atoms with van der Waals surface area (Å²) in [4.78, 5) is 9.83. The minimum absolute atomic E-state index is 0. The monoisotopic (exact) mass is 476 g/mol. The van der Waals surface area contributed by atoms with Gasteiger partial charge in [-0.15, -0.1) is 35.3 Å². The summed E-state index contributed by atoms with van der Waals surface area (Å²) in [5, 5.41) is 7.66. The van der Waals surface area contributed by atoms with Crippen LogP contribution in [0.15, 0.2) is 29.4 Å². The average molecular weight is 476 g/mol. The van der Waals surface area contributed by atoms with E-state index in [1.807, 2.05) is 31.3 Å². The van der Waals surface area contributed by atoms with Gasteiger partial charge in [0.2, 0.25) is 0 Å². The van der Waals surface area contributed by atoms with Crippen LogP contribution in [0.3, 0.4) is 0 Å². The van der Waals surface area contributed by atoms with E-state index in [1.165, 1.54) is 4.88 Å². The summed E-state index contributed by atoms with van der Waals surface area (Å²) < 4.78 is 10.9. The number of guanidine groups is 1. The second-order valence-electron chi connectivity index (χ2n) is 5.04. The Hall–Kier alpha value is -1.55. The minimum atomic E-state index is 0. The maximum atomic E-state index is 5.53. The molecular formula is C17H25IN4O2S. The molecule has 2 rings (SSSR count). The summed E-state index contributed by atoms with van der Waals surface area (Å²) >= 11 is 1.72. The van der Waals surface area contributed by atoms with Crippen molar-refractivity contribution in [1.29, 1.82) is 0 Å². The van der Waals surface area contributed by atoms with Gasteiger partial charge in [-0.1, -0.05) is 0 Å². The van der Waals surface area contributed by atoms with E-state index < -0.39 is 0 Å². The molecule has 0 amide bonds. The van der Waals surface area contributed by atoms with Crippen LogP contribution in [0.25, 0.3) is 0 Å². The molecule has 2 aromatic rings. The van der Waals surface area contributed by atoms with Crippen LogP contribution in [0.4, 0.5) is 5.69 Å². The van der Waals surface area contributed by atoms with Gasteiger partial charge in [0.1, 0.15) is 0 Å². The lowest BCUT2D eigenvalue weighted by atomic mass is 10.2. The van der Waals surface area contributed by atoms with E-state index in [0.29, 0.717) is 18.3 Å². The number of thiazole rings is 1. The van der Waals surface area contributed by atoms with Crippen LogP contribution in [0.5, 0.6) is 11.5 Å². The fourth-order valence-corrected chi connectivity index (χ4v) is 2.93. The van der Waals surface area contributed by atoms with E-state index in [-0.39, 0.29) is 24.0 Å². The molecule has 0 aliphatic carbocycles.